The van der Waals surface area contributed by atoms with Gasteiger partial charge in [0.2, 0.25) is 5.34 Å². The molecule has 0 amide bonds. The van der Waals surface area contributed by atoms with E-state index in [1.807, 2.05) is 21.1 Å². The molecule has 6 heteroatoms. The standard InChI is InChI=1S/C29H60NO4P/c1-5-6-7-8-9-10-11-12-13-14-15-16-17-18-19-20-21-22-23-24-25-26-27-29(31,35(32,33)34)28-30(2,3)4/h23-24,31H,5-22,25-28H2,1-4H3,(H-,32,33,34)/p+1/b24-23-. The van der Waals surface area contributed by atoms with Crippen molar-refractivity contribution in [3.63, 3.8) is 0 Å². The first kappa shape index (κ1) is 34.8. The molecule has 1 atom stereocenters. The van der Waals surface area contributed by atoms with E-state index in [0.717, 1.165) is 12.8 Å². The number of hydrogen-bond acceptors (Lipinski definition) is 2. The quantitative estimate of drug-likeness (QED) is 0.0491. The Balaban J connectivity index is 3.53. The monoisotopic (exact) mass is 518 g/mol. The normalized spacial score (nSPS) is 14.6. The second-order valence-corrected chi connectivity index (χ2v) is 13.7. The largest absolute Gasteiger partial charge is 0.373 e. The summed E-state index contributed by atoms with van der Waals surface area (Å²) in [5.74, 6) is 0. The minimum absolute atomic E-state index is 0.0419. The van der Waals surface area contributed by atoms with Crippen LogP contribution >= 0.6 is 7.60 Å². The minimum Gasteiger partial charge on any atom is -0.373 e. The van der Waals surface area contributed by atoms with Gasteiger partial charge in [0.1, 0.15) is 6.54 Å². The molecule has 1 unspecified atom stereocenters. The van der Waals surface area contributed by atoms with Gasteiger partial charge in [-0.05, 0) is 32.1 Å². The molecule has 5 nitrogen and oxygen atoms in total. The summed E-state index contributed by atoms with van der Waals surface area (Å²) >= 11 is 0. The lowest BCUT2D eigenvalue weighted by Gasteiger charge is -2.35. The van der Waals surface area contributed by atoms with E-state index in [1.54, 1.807) is 0 Å². The second-order valence-electron chi connectivity index (χ2n) is 11.8. The van der Waals surface area contributed by atoms with Crippen molar-refractivity contribution in [3.8, 4) is 0 Å². The molecule has 0 saturated heterocycles. The Bertz CT molecular complexity index is 555. The van der Waals surface area contributed by atoms with Crippen LogP contribution in [0.15, 0.2) is 12.2 Å². The van der Waals surface area contributed by atoms with Crippen LogP contribution in [0.3, 0.4) is 0 Å². The highest BCUT2D eigenvalue weighted by molar-refractivity contribution is 7.53. The second kappa shape index (κ2) is 20.8. The van der Waals surface area contributed by atoms with Gasteiger partial charge in [0.15, 0.2) is 0 Å². The number of quaternary nitrogens is 1. The molecule has 35 heavy (non-hydrogen) atoms. The van der Waals surface area contributed by atoms with Gasteiger partial charge in [-0.15, -0.1) is 0 Å². The molecule has 3 N–H and O–H groups in total. The van der Waals surface area contributed by atoms with Crippen molar-refractivity contribution in [2.24, 2.45) is 0 Å². The highest BCUT2D eigenvalue weighted by Gasteiger charge is 2.48. The summed E-state index contributed by atoms with van der Waals surface area (Å²) in [4.78, 5) is 19.2. The number of likely N-dealkylation sites (N-methyl/N-ethyl adjacent to an activating group) is 1. The summed E-state index contributed by atoms with van der Waals surface area (Å²) in [7, 11) is 0.932. The summed E-state index contributed by atoms with van der Waals surface area (Å²) < 4.78 is 12.1. The zero-order chi connectivity index (χ0) is 26.5. The number of hydrogen-bond donors (Lipinski definition) is 3. The smallest absolute Gasteiger partial charge is 0.362 e. The number of allylic oxidation sites excluding steroid dienone is 2. The molecule has 0 aliphatic rings. The van der Waals surface area contributed by atoms with Gasteiger partial charge in [-0.3, -0.25) is 4.57 Å². The maximum Gasteiger partial charge on any atom is 0.362 e. The third-order valence-electron chi connectivity index (χ3n) is 6.86. The van der Waals surface area contributed by atoms with Crippen molar-refractivity contribution in [1.29, 1.82) is 0 Å². The number of aliphatic hydroxyl groups is 1. The number of unbranched alkanes of at least 4 members (excludes halogenated alkanes) is 18. The fourth-order valence-corrected chi connectivity index (χ4v) is 5.86. The molecule has 0 spiro atoms. The third kappa shape index (κ3) is 21.6. The summed E-state index contributed by atoms with van der Waals surface area (Å²) in [6.07, 6.45) is 30.4. The van der Waals surface area contributed by atoms with Crippen molar-refractivity contribution >= 4 is 7.60 Å². The summed E-state index contributed by atoms with van der Waals surface area (Å²) in [6, 6.07) is 0. The topological polar surface area (TPSA) is 77.8 Å². The van der Waals surface area contributed by atoms with Crippen LogP contribution < -0.4 is 0 Å². The molecule has 0 aliphatic heterocycles. The van der Waals surface area contributed by atoms with Gasteiger partial charge in [-0.2, -0.15) is 0 Å². The molecule has 210 valence electrons. The molecule has 0 fully saturated rings. The van der Waals surface area contributed by atoms with Gasteiger partial charge >= 0.3 is 7.60 Å². The maximum atomic E-state index is 11.8. The number of nitrogens with zero attached hydrogens (tertiary/aromatic N) is 1. The van der Waals surface area contributed by atoms with Crippen molar-refractivity contribution < 1.29 is 23.9 Å². The van der Waals surface area contributed by atoms with Crippen molar-refractivity contribution in [2.75, 3.05) is 27.7 Å². The molecule has 0 aromatic heterocycles. The van der Waals surface area contributed by atoms with E-state index in [0.29, 0.717) is 10.9 Å². The van der Waals surface area contributed by atoms with Gasteiger partial charge in [0.05, 0.1) is 21.1 Å². The van der Waals surface area contributed by atoms with Crippen LogP contribution in [0.2, 0.25) is 0 Å². The summed E-state index contributed by atoms with van der Waals surface area (Å²) in [6.45, 7) is 2.32. The fourth-order valence-electron chi connectivity index (χ4n) is 4.80. The highest BCUT2D eigenvalue weighted by Crippen LogP contribution is 2.52. The van der Waals surface area contributed by atoms with E-state index in [9.17, 15) is 19.5 Å². The Kier molecular flexibility index (Phi) is 20.7. The van der Waals surface area contributed by atoms with Crippen LogP contribution in [0.4, 0.5) is 0 Å². The first-order valence-electron chi connectivity index (χ1n) is 14.8. The Morgan fingerprint density at radius 2 is 0.971 bits per heavy atom. The predicted molar refractivity (Wildman–Crippen MR) is 152 cm³/mol. The zero-order valence-electron chi connectivity index (χ0n) is 23.9. The molecule has 0 heterocycles. The Morgan fingerprint density at radius 3 is 1.31 bits per heavy atom. The van der Waals surface area contributed by atoms with Crippen LogP contribution in [-0.2, 0) is 4.57 Å². The average molecular weight is 519 g/mol. The van der Waals surface area contributed by atoms with E-state index in [1.165, 1.54) is 109 Å². The minimum atomic E-state index is -4.57. The van der Waals surface area contributed by atoms with Crippen molar-refractivity contribution in [2.45, 2.75) is 147 Å². The predicted octanol–water partition coefficient (Wildman–Crippen LogP) is 8.33. The Morgan fingerprint density at radius 1 is 0.629 bits per heavy atom. The lowest BCUT2D eigenvalue weighted by Crippen LogP contribution is -2.49. The zero-order valence-corrected chi connectivity index (χ0v) is 24.7. The third-order valence-corrected chi connectivity index (χ3v) is 8.31. The van der Waals surface area contributed by atoms with E-state index in [-0.39, 0.29) is 13.0 Å². The molecular weight excluding hydrogens is 457 g/mol. The lowest BCUT2D eigenvalue weighted by molar-refractivity contribution is -0.875. The average Bonchev–Trinajstić information content (AvgIpc) is 2.75. The molecular formula is C29H61NO4P+. The van der Waals surface area contributed by atoms with Crippen LogP contribution in [0.1, 0.15) is 142 Å². The molecule has 0 radical (unpaired) electrons. The number of rotatable bonds is 25. The van der Waals surface area contributed by atoms with Crippen molar-refractivity contribution in [3.05, 3.63) is 12.2 Å². The lowest BCUT2D eigenvalue weighted by atomic mass is 10.0. The van der Waals surface area contributed by atoms with Gasteiger partial charge in [0.25, 0.3) is 0 Å². The van der Waals surface area contributed by atoms with Gasteiger partial charge < -0.3 is 19.4 Å². The van der Waals surface area contributed by atoms with Gasteiger partial charge in [-0.1, -0.05) is 122 Å². The van der Waals surface area contributed by atoms with Crippen LogP contribution in [0, 0.1) is 0 Å². The fraction of sp³-hybridized carbons (Fsp3) is 0.931. The molecule has 0 bridgehead atoms. The Labute approximate surface area is 218 Å². The van der Waals surface area contributed by atoms with E-state index >= 15 is 0 Å². The highest BCUT2D eigenvalue weighted by atomic mass is 31.2. The maximum absolute atomic E-state index is 11.8. The van der Waals surface area contributed by atoms with Gasteiger partial charge in [-0.25, -0.2) is 0 Å². The molecule has 0 aromatic carbocycles. The molecule has 0 saturated carbocycles. The van der Waals surface area contributed by atoms with Crippen LogP contribution in [0.5, 0.6) is 0 Å². The molecule has 0 aliphatic carbocycles. The van der Waals surface area contributed by atoms with E-state index in [4.69, 9.17) is 0 Å². The van der Waals surface area contributed by atoms with E-state index in [2.05, 4.69) is 19.1 Å². The van der Waals surface area contributed by atoms with Crippen LogP contribution in [-0.4, -0.2) is 52.4 Å². The van der Waals surface area contributed by atoms with Gasteiger partial charge in [0, 0.05) is 0 Å². The van der Waals surface area contributed by atoms with E-state index < -0.39 is 12.9 Å². The van der Waals surface area contributed by atoms with Crippen LogP contribution in [0.25, 0.3) is 0 Å². The molecule has 0 aromatic rings. The van der Waals surface area contributed by atoms with Crippen molar-refractivity contribution in [1.82, 2.24) is 0 Å². The first-order chi connectivity index (χ1) is 16.5. The first-order valence-corrected chi connectivity index (χ1v) is 16.4. The SMILES string of the molecule is CCCCCCCCCCCCCCCCCCC/C=C\CCCC(O)(C[N+](C)(C)C)P(=O)(O)O. The molecule has 0 rings (SSSR count). The Hall–Kier alpha value is -0.190. The summed E-state index contributed by atoms with van der Waals surface area (Å²) in [5, 5.41) is 8.61. The summed E-state index contributed by atoms with van der Waals surface area (Å²) in [5.41, 5.74) is 0.